The highest BCUT2D eigenvalue weighted by Gasteiger charge is 2.22. The van der Waals surface area contributed by atoms with Crippen LogP contribution < -0.4 is 10.2 Å². The molecule has 1 aliphatic heterocycles. The van der Waals surface area contributed by atoms with Crippen molar-refractivity contribution in [2.45, 2.75) is 6.92 Å². The number of hydrogen-bond acceptors (Lipinski definition) is 6. The van der Waals surface area contributed by atoms with Crippen molar-refractivity contribution in [2.24, 2.45) is 4.99 Å². The first-order valence-electron chi connectivity index (χ1n) is 9.06. The van der Waals surface area contributed by atoms with E-state index in [0.29, 0.717) is 22.6 Å². The number of nitro benzene ring substituents is 1. The van der Waals surface area contributed by atoms with Gasteiger partial charge in [0.05, 0.1) is 10.6 Å². The third-order valence-corrected chi connectivity index (χ3v) is 4.59. The normalized spacial score (nSPS) is 15.0. The fraction of sp³-hybridized carbons (Fsp3) is 0.300. The predicted molar refractivity (Wildman–Crippen MR) is 111 cm³/mol. The molecule has 2 aromatic rings. The molecule has 0 spiro atoms. The Hall–Kier alpha value is -3.26. The van der Waals surface area contributed by atoms with Gasteiger partial charge in [-0.2, -0.15) is 0 Å². The number of likely N-dealkylation sites (N-methyl/N-ethyl adjacent to an activating group) is 1. The van der Waals surface area contributed by atoms with E-state index in [1.54, 1.807) is 42.6 Å². The number of anilines is 2. The summed E-state index contributed by atoms with van der Waals surface area (Å²) in [5.41, 5.74) is 2.79. The quantitative estimate of drug-likeness (QED) is 0.488. The van der Waals surface area contributed by atoms with Crippen LogP contribution in [-0.4, -0.2) is 55.2 Å². The Labute approximate surface area is 163 Å². The average molecular weight is 381 g/mol. The Morgan fingerprint density at radius 2 is 1.82 bits per heavy atom. The molecule has 1 heterocycles. The van der Waals surface area contributed by atoms with Crippen molar-refractivity contribution in [1.29, 1.82) is 0 Å². The Balaban J connectivity index is 1.77. The lowest BCUT2D eigenvalue weighted by Gasteiger charge is -2.33. The molecular weight excluding hydrogens is 358 g/mol. The highest BCUT2D eigenvalue weighted by Crippen LogP contribution is 2.30. The standard InChI is InChI=1S/C20H23N5O3/c1-15(26)22-18-6-4-17(5-7-18)21-14-16-3-8-19(20(13-16)25(27)28)24-11-9-23(2)10-12-24/h3-8,13-14H,9-12H2,1-2H3,(H,22,26). The number of benzene rings is 2. The number of amides is 1. The van der Waals surface area contributed by atoms with E-state index in [-0.39, 0.29) is 16.5 Å². The second kappa shape index (κ2) is 8.62. The molecule has 0 saturated carbocycles. The van der Waals surface area contributed by atoms with E-state index >= 15 is 0 Å². The smallest absolute Gasteiger partial charge is 0.293 e. The molecule has 1 N–H and O–H groups in total. The molecule has 0 radical (unpaired) electrons. The van der Waals surface area contributed by atoms with Crippen LogP contribution in [0.25, 0.3) is 0 Å². The van der Waals surface area contributed by atoms with Gasteiger partial charge in [-0.15, -0.1) is 0 Å². The first-order valence-corrected chi connectivity index (χ1v) is 9.06. The largest absolute Gasteiger partial charge is 0.363 e. The molecular formula is C20H23N5O3. The van der Waals surface area contributed by atoms with Gasteiger partial charge in [-0.3, -0.25) is 19.9 Å². The number of nitro groups is 1. The number of hydrogen-bond donors (Lipinski definition) is 1. The van der Waals surface area contributed by atoms with E-state index in [0.717, 1.165) is 26.2 Å². The van der Waals surface area contributed by atoms with Gasteiger partial charge in [-0.25, -0.2) is 0 Å². The maximum atomic E-state index is 11.6. The van der Waals surface area contributed by atoms with Crippen molar-refractivity contribution in [3.05, 3.63) is 58.1 Å². The number of rotatable bonds is 5. The molecule has 0 atom stereocenters. The topological polar surface area (TPSA) is 91.1 Å². The molecule has 8 nitrogen and oxygen atoms in total. The number of piperazine rings is 1. The lowest BCUT2D eigenvalue weighted by molar-refractivity contribution is -0.384. The highest BCUT2D eigenvalue weighted by molar-refractivity contribution is 5.89. The minimum Gasteiger partial charge on any atom is -0.363 e. The number of nitrogens with one attached hydrogen (secondary N) is 1. The van der Waals surface area contributed by atoms with Gasteiger partial charge in [0.1, 0.15) is 5.69 Å². The van der Waals surface area contributed by atoms with Crippen molar-refractivity contribution in [2.75, 3.05) is 43.4 Å². The van der Waals surface area contributed by atoms with Crippen molar-refractivity contribution in [3.63, 3.8) is 0 Å². The van der Waals surface area contributed by atoms with Crippen LogP contribution in [-0.2, 0) is 4.79 Å². The Morgan fingerprint density at radius 3 is 2.43 bits per heavy atom. The van der Waals surface area contributed by atoms with Crippen LogP contribution in [0.4, 0.5) is 22.7 Å². The minimum absolute atomic E-state index is 0.0921. The summed E-state index contributed by atoms with van der Waals surface area (Å²) < 4.78 is 0. The number of aliphatic imine (C=N–C) groups is 1. The summed E-state index contributed by atoms with van der Waals surface area (Å²) >= 11 is 0. The minimum atomic E-state index is -0.340. The van der Waals surface area contributed by atoms with Crippen molar-refractivity contribution in [3.8, 4) is 0 Å². The van der Waals surface area contributed by atoms with E-state index in [1.807, 2.05) is 13.1 Å². The van der Waals surface area contributed by atoms with Crippen LogP contribution in [0, 0.1) is 10.1 Å². The number of carbonyl (C=O) groups is 1. The van der Waals surface area contributed by atoms with Crippen LogP contribution in [0.5, 0.6) is 0 Å². The molecule has 2 aromatic carbocycles. The third-order valence-electron chi connectivity index (χ3n) is 4.59. The number of nitrogens with zero attached hydrogens (tertiary/aromatic N) is 4. The monoisotopic (exact) mass is 381 g/mol. The van der Waals surface area contributed by atoms with E-state index in [9.17, 15) is 14.9 Å². The average Bonchev–Trinajstić information content (AvgIpc) is 2.67. The van der Waals surface area contributed by atoms with Crippen LogP contribution in [0.1, 0.15) is 12.5 Å². The molecule has 1 aliphatic rings. The van der Waals surface area contributed by atoms with Crippen molar-refractivity contribution >= 4 is 34.9 Å². The fourth-order valence-electron chi connectivity index (χ4n) is 3.06. The zero-order chi connectivity index (χ0) is 20.1. The van der Waals surface area contributed by atoms with E-state index in [1.165, 1.54) is 6.92 Å². The van der Waals surface area contributed by atoms with Crippen LogP contribution in [0.2, 0.25) is 0 Å². The Kier molecular flexibility index (Phi) is 6.00. The van der Waals surface area contributed by atoms with E-state index in [4.69, 9.17) is 0 Å². The molecule has 1 fully saturated rings. The van der Waals surface area contributed by atoms with Gasteiger partial charge in [0, 0.05) is 51.1 Å². The molecule has 146 valence electrons. The van der Waals surface area contributed by atoms with Crippen LogP contribution in [0.15, 0.2) is 47.5 Å². The molecule has 0 aromatic heterocycles. The molecule has 1 saturated heterocycles. The molecule has 3 rings (SSSR count). The molecule has 0 unspecified atom stereocenters. The fourth-order valence-corrected chi connectivity index (χ4v) is 3.06. The third kappa shape index (κ3) is 4.92. The van der Waals surface area contributed by atoms with Crippen molar-refractivity contribution < 1.29 is 9.72 Å². The maximum Gasteiger partial charge on any atom is 0.293 e. The van der Waals surface area contributed by atoms with Gasteiger partial charge in [0.15, 0.2) is 0 Å². The maximum absolute atomic E-state index is 11.6. The lowest BCUT2D eigenvalue weighted by atomic mass is 10.1. The van der Waals surface area contributed by atoms with Gasteiger partial charge in [-0.1, -0.05) is 6.07 Å². The summed E-state index contributed by atoms with van der Waals surface area (Å²) in [6.07, 6.45) is 1.61. The van der Waals surface area contributed by atoms with E-state index < -0.39 is 0 Å². The zero-order valence-corrected chi connectivity index (χ0v) is 16.0. The lowest BCUT2D eigenvalue weighted by Crippen LogP contribution is -2.44. The second-order valence-electron chi connectivity index (χ2n) is 6.78. The molecule has 0 aliphatic carbocycles. The van der Waals surface area contributed by atoms with Gasteiger partial charge in [0.2, 0.25) is 5.91 Å². The molecule has 8 heteroatoms. The van der Waals surface area contributed by atoms with Gasteiger partial charge >= 0.3 is 0 Å². The SMILES string of the molecule is CC(=O)Nc1ccc(N=Cc2ccc(N3CCN(C)CC3)c([N+](=O)[O-])c2)cc1. The first-order chi connectivity index (χ1) is 13.4. The summed E-state index contributed by atoms with van der Waals surface area (Å²) in [5, 5.41) is 14.3. The highest BCUT2D eigenvalue weighted by atomic mass is 16.6. The second-order valence-corrected chi connectivity index (χ2v) is 6.78. The molecule has 28 heavy (non-hydrogen) atoms. The summed E-state index contributed by atoms with van der Waals surface area (Å²) in [6, 6.07) is 12.3. The summed E-state index contributed by atoms with van der Waals surface area (Å²) in [5.74, 6) is -0.135. The Morgan fingerprint density at radius 1 is 1.14 bits per heavy atom. The molecule has 1 amide bonds. The Bertz CT molecular complexity index is 887. The summed E-state index contributed by atoms with van der Waals surface area (Å²) in [4.78, 5) is 30.9. The van der Waals surface area contributed by atoms with E-state index in [2.05, 4.69) is 20.1 Å². The summed E-state index contributed by atoms with van der Waals surface area (Å²) in [7, 11) is 2.05. The molecule has 0 bridgehead atoms. The van der Waals surface area contributed by atoms with Gasteiger partial charge in [0.25, 0.3) is 5.69 Å². The van der Waals surface area contributed by atoms with Gasteiger partial charge < -0.3 is 15.1 Å². The summed E-state index contributed by atoms with van der Waals surface area (Å²) in [6.45, 7) is 4.76. The number of carbonyl (C=O) groups excluding carboxylic acids is 1. The zero-order valence-electron chi connectivity index (χ0n) is 16.0. The van der Waals surface area contributed by atoms with Gasteiger partial charge in [-0.05, 0) is 42.9 Å². The van der Waals surface area contributed by atoms with Crippen LogP contribution in [0.3, 0.4) is 0 Å². The van der Waals surface area contributed by atoms with Crippen LogP contribution >= 0.6 is 0 Å². The first kappa shape index (κ1) is 19.5. The predicted octanol–water partition coefficient (Wildman–Crippen LogP) is 3.06. The van der Waals surface area contributed by atoms with Crippen molar-refractivity contribution in [1.82, 2.24) is 4.90 Å².